The molecule has 0 unspecified atom stereocenters. The predicted octanol–water partition coefficient (Wildman–Crippen LogP) is 2.95. The number of halogens is 1. The van der Waals surface area contributed by atoms with Gasteiger partial charge in [-0.2, -0.15) is 0 Å². The number of imide groups is 1. The topological polar surface area (TPSA) is 69.6 Å². The lowest BCUT2D eigenvalue weighted by Crippen LogP contribution is -2.33. The summed E-state index contributed by atoms with van der Waals surface area (Å²) in [6.45, 7) is 0.312. The maximum absolute atomic E-state index is 12.4. The summed E-state index contributed by atoms with van der Waals surface area (Å²) in [4.78, 5) is 25.7. The van der Waals surface area contributed by atoms with Gasteiger partial charge in [0.1, 0.15) is 11.4 Å². The van der Waals surface area contributed by atoms with E-state index < -0.39 is 0 Å². The molecule has 3 rings (SSSR count). The van der Waals surface area contributed by atoms with E-state index in [1.165, 1.54) is 23.1 Å². The van der Waals surface area contributed by atoms with Crippen LogP contribution < -0.4 is 5.32 Å². The third-order valence-corrected chi connectivity index (χ3v) is 4.01. The fraction of sp³-hybridized carbons (Fsp3) is 0.111. The van der Waals surface area contributed by atoms with Gasteiger partial charge in [-0.3, -0.25) is 14.5 Å². The van der Waals surface area contributed by atoms with Crippen molar-refractivity contribution in [2.75, 3.05) is 11.9 Å². The number of nitrogens with zero attached hydrogens (tertiary/aromatic N) is 1. The minimum atomic E-state index is -0.389. The molecule has 2 N–H and O–H groups in total. The molecule has 6 heteroatoms. The fourth-order valence-electron chi connectivity index (χ4n) is 2.45. The minimum absolute atomic E-state index is 0.0258. The largest absolute Gasteiger partial charge is 0.508 e. The fourth-order valence-corrected chi connectivity index (χ4v) is 2.67. The first kappa shape index (κ1) is 16.1. The Bertz CT molecular complexity index is 818. The predicted molar refractivity (Wildman–Crippen MR) is 91.7 cm³/mol. The molecule has 0 radical (unpaired) electrons. The van der Waals surface area contributed by atoms with Gasteiger partial charge in [0.2, 0.25) is 0 Å². The number of amides is 2. The van der Waals surface area contributed by atoms with Gasteiger partial charge in [-0.1, -0.05) is 41.9 Å². The van der Waals surface area contributed by atoms with Crippen molar-refractivity contribution in [3.8, 4) is 5.75 Å². The molecule has 24 heavy (non-hydrogen) atoms. The molecule has 0 fully saturated rings. The summed E-state index contributed by atoms with van der Waals surface area (Å²) >= 11 is 6.01. The molecule has 1 aliphatic heterocycles. The summed E-state index contributed by atoms with van der Waals surface area (Å²) in [6, 6.07) is 14.0. The molecule has 1 heterocycles. The molecule has 2 aromatic rings. The second kappa shape index (κ2) is 6.76. The Kier molecular flexibility index (Phi) is 4.53. The Balaban J connectivity index is 1.67. The van der Waals surface area contributed by atoms with Gasteiger partial charge in [0.05, 0.1) is 10.7 Å². The van der Waals surface area contributed by atoms with E-state index in [0.29, 0.717) is 18.7 Å². The molecule has 122 valence electrons. The molecule has 0 bridgehead atoms. The summed E-state index contributed by atoms with van der Waals surface area (Å²) in [5.41, 5.74) is 1.67. The summed E-state index contributed by atoms with van der Waals surface area (Å²) in [5, 5.41) is 12.5. The maximum Gasteiger partial charge on any atom is 0.277 e. The summed E-state index contributed by atoms with van der Waals surface area (Å²) < 4.78 is 0. The van der Waals surface area contributed by atoms with Crippen molar-refractivity contribution >= 4 is 29.1 Å². The highest BCUT2D eigenvalue weighted by molar-refractivity contribution is 6.33. The number of carbonyl (C=O) groups excluding carboxylic acids is 2. The van der Waals surface area contributed by atoms with Gasteiger partial charge in [-0.15, -0.1) is 0 Å². The molecule has 1 aliphatic rings. The number of hydrogen-bond acceptors (Lipinski definition) is 4. The van der Waals surface area contributed by atoms with Gasteiger partial charge < -0.3 is 10.4 Å². The van der Waals surface area contributed by atoms with Crippen molar-refractivity contribution in [3.05, 3.63) is 70.9 Å². The lowest BCUT2D eigenvalue weighted by Gasteiger charge is -2.15. The molecule has 0 saturated heterocycles. The second-order valence-electron chi connectivity index (χ2n) is 5.38. The summed E-state index contributed by atoms with van der Waals surface area (Å²) in [7, 11) is 0. The Labute approximate surface area is 144 Å². The standard InChI is InChI=1S/C18H15ClN2O3/c19-14-10-13(22)6-7-15(14)20-16-11-17(23)21(18(16)24)9-8-12-4-2-1-3-5-12/h1-7,10-11,20,22H,8-9H2. The molecule has 0 atom stereocenters. The summed E-state index contributed by atoms with van der Waals surface area (Å²) in [6.07, 6.45) is 1.86. The number of rotatable bonds is 5. The second-order valence-corrected chi connectivity index (χ2v) is 5.78. The average Bonchev–Trinajstić information content (AvgIpc) is 2.83. The van der Waals surface area contributed by atoms with Crippen molar-refractivity contribution in [1.29, 1.82) is 0 Å². The van der Waals surface area contributed by atoms with E-state index in [0.717, 1.165) is 5.56 Å². The van der Waals surface area contributed by atoms with E-state index in [4.69, 9.17) is 11.6 Å². The number of benzene rings is 2. The highest BCUT2D eigenvalue weighted by Gasteiger charge is 2.31. The lowest BCUT2D eigenvalue weighted by atomic mass is 10.1. The third kappa shape index (κ3) is 3.41. The number of phenolic OH excluding ortho intramolecular Hbond substituents is 1. The molecule has 0 aromatic heterocycles. The van der Waals surface area contributed by atoms with Crippen molar-refractivity contribution in [1.82, 2.24) is 4.90 Å². The molecule has 2 aromatic carbocycles. The Hall–Kier alpha value is -2.79. The molecular formula is C18H15ClN2O3. The van der Waals surface area contributed by atoms with E-state index in [9.17, 15) is 14.7 Å². The number of carbonyl (C=O) groups is 2. The van der Waals surface area contributed by atoms with Gasteiger partial charge in [0.15, 0.2) is 0 Å². The van der Waals surface area contributed by atoms with Crippen LogP contribution in [0.5, 0.6) is 5.75 Å². The monoisotopic (exact) mass is 342 g/mol. The van der Waals surface area contributed by atoms with Gasteiger partial charge in [0.25, 0.3) is 11.8 Å². The van der Waals surface area contributed by atoms with E-state index in [1.54, 1.807) is 6.07 Å². The van der Waals surface area contributed by atoms with Crippen molar-refractivity contribution in [2.45, 2.75) is 6.42 Å². The lowest BCUT2D eigenvalue weighted by molar-refractivity contribution is -0.137. The van der Waals surface area contributed by atoms with Crippen LogP contribution in [0.1, 0.15) is 5.56 Å². The maximum atomic E-state index is 12.4. The van der Waals surface area contributed by atoms with Crippen LogP contribution in [-0.2, 0) is 16.0 Å². The van der Waals surface area contributed by atoms with Crippen LogP contribution in [0.4, 0.5) is 5.69 Å². The minimum Gasteiger partial charge on any atom is -0.508 e. The van der Waals surface area contributed by atoms with Gasteiger partial charge in [-0.25, -0.2) is 0 Å². The number of anilines is 1. The van der Waals surface area contributed by atoms with Crippen molar-refractivity contribution < 1.29 is 14.7 Å². The van der Waals surface area contributed by atoms with Gasteiger partial charge in [-0.05, 0) is 24.1 Å². The zero-order valence-corrected chi connectivity index (χ0v) is 13.5. The van der Waals surface area contributed by atoms with Crippen LogP contribution in [0, 0.1) is 0 Å². The third-order valence-electron chi connectivity index (χ3n) is 3.70. The van der Waals surface area contributed by atoms with E-state index >= 15 is 0 Å². The number of aromatic hydroxyl groups is 1. The quantitative estimate of drug-likeness (QED) is 0.647. The molecule has 2 amide bonds. The Morgan fingerprint density at radius 2 is 1.83 bits per heavy atom. The number of nitrogens with one attached hydrogen (secondary N) is 1. The van der Waals surface area contributed by atoms with E-state index in [-0.39, 0.29) is 28.3 Å². The van der Waals surface area contributed by atoms with Crippen molar-refractivity contribution in [3.63, 3.8) is 0 Å². The van der Waals surface area contributed by atoms with Gasteiger partial charge in [0, 0.05) is 18.7 Å². The Morgan fingerprint density at radius 1 is 1.08 bits per heavy atom. The Morgan fingerprint density at radius 3 is 2.54 bits per heavy atom. The van der Waals surface area contributed by atoms with Crippen LogP contribution in [0.25, 0.3) is 0 Å². The number of hydrogen-bond donors (Lipinski definition) is 2. The zero-order valence-electron chi connectivity index (χ0n) is 12.7. The van der Waals surface area contributed by atoms with Crippen LogP contribution in [0.2, 0.25) is 5.02 Å². The van der Waals surface area contributed by atoms with Crippen LogP contribution in [-0.4, -0.2) is 28.4 Å². The van der Waals surface area contributed by atoms with E-state index in [1.807, 2.05) is 30.3 Å². The number of phenols is 1. The summed E-state index contributed by atoms with van der Waals surface area (Å²) in [5.74, 6) is -0.716. The van der Waals surface area contributed by atoms with E-state index in [2.05, 4.69) is 5.32 Å². The highest BCUT2D eigenvalue weighted by atomic mass is 35.5. The average molecular weight is 343 g/mol. The zero-order chi connectivity index (χ0) is 17.1. The first-order valence-electron chi connectivity index (χ1n) is 7.41. The normalized spacial score (nSPS) is 14.0. The molecule has 0 spiro atoms. The first-order valence-corrected chi connectivity index (χ1v) is 7.79. The smallest absolute Gasteiger partial charge is 0.277 e. The molecule has 0 saturated carbocycles. The van der Waals surface area contributed by atoms with Crippen molar-refractivity contribution in [2.24, 2.45) is 0 Å². The molecule has 0 aliphatic carbocycles. The SMILES string of the molecule is O=C1C=C(Nc2ccc(O)cc2Cl)C(=O)N1CCc1ccccc1. The first-order chi connectivity index (χ1) is 11.5. The highest BCUT2D eigenvalue weighted by Crippen LogP contribution is 2.28. The molecular weight excluding hydrogens is 328 g/mol. The van der Waals surface area contributed by atoms with Crippen LogP contribution >= 0.6 is 11.6 Å². The van der Waals surface area contributed by atoms with Gasteiger partial charge >= 0.3 is 0 Å². The van der Waals surface area contributed by atoms with Crippen LogP contribution in [0.3, 0.4) is 0 Å². The van der Waals surface area contributed by atoms with Crippen LogP contribution in [0.15, 0.2) is 60.3 Å². The molecule has 5 nitrogen and oxygen atoms in total.